The molecular formula is C15H19NO3. The summed E-state index contributed by atoms with van der Waals surface area (Å²) < 4.78 is 5.40. The van der Waals surface area contributed by atoms with E-state index in [1.807, 2.05) is 32.2 Å². The third-order valence-corrected chi connectivity index (χ3v) is 3.49. The number of carboxylic acids is 1. The van der Waals surface area contributed by atoms with Crippen LogP contribution < -0.4 is 4.74 Å². The number of carboxylic acid groups (broad SMARTS) is 1. The molecule has 0 saturated heterocycles. The SMILES string of the molecule is CCCC(C(=O)O)c1c(OC)cc(C)c2[nH]ccc12. The fourth-order valence-electron chi connectivity index (χ4n) is 2.61. The van der Waals surface area contributed by atoms with Gasteiger partial charge in [0.15, 0.2) is 0 Å². The second-order valence-corrected chi connectivity index (χ2v) is 4.76. The minimum Gasteiger partial charge on any atom is -0.496 e. The smallest absolute Gasteiger partial charge is 0.311 e. The van der Waals surface area contributed by atoms with Gasteiger partial charge < -0.3 is 14.8 Å². The lowest BCUT2D eigenvalue weighted by Gasteiger charge is -2.18. The lowest BCUT2D eigenvalue weighted by Crippen LogP contribution is -2.13. The summed E-state index contributed by atoms with van der Waals surface area (Å²) in [6, 6.07) is 3.82. The molecule has 2 N–H and O–H groups in total. The van der Waals surface area contributed by atoms with Crippen molar-refractivity contribution in [3.63, 3.8) is 0 Å². The number of methoxy groups -OCH3 is 1. The van der Waals surface area contributed by atoms with E-state index in [-0.39, 0.29) is 0 Å². The highest BCUT2D eigenvalue weighted by atomic mass is 16.5. The summed E-state index contributed by atoms with van der Waals surface area (Å²) in [5.74, 6) is -0.671. The van der Waals surface area contributed by atoms with Gasteiger partial charge in [-0.3, -0.25) is 4.79 Å². The molecule has 1 aromatic heterocycles. The molecule has 0 bridgehead atoms. The minimum atomic E-state index is -0.800. The molecule has 1 aromatic carbocycles. The Morgan fingerprint density at radius 3 is 2.84 bits per heavy atom. The van der Waals surface area contributed by atoms with E-state index < -0.39 is 11.9 Å². The molecule has 0 spiro atoms. The van der Waals surface area contributed by atoms with E-state index in [2.05, 4.69) is 4.98 Å². The van der Waals surface area contributed by atoms with Crippen LogP contribution in [0.3, 0.4) is 0 Å². The predicted molar refractivity (Wildman–Crippen MR) is 74.9 cm³/mol. The van der Waals surface area contributed by atoms with Crippen molar-refractivity contribution in [3.8, 4) is 5.75 Å². The number of aromatic nitrogens is 1. The van der Waals surface area contributed by atoms with Crippen LogP contribution in [0, 0.1) is 6.92 Å². The number of hydrogen-bond donors (Lipinski definition) is 2. The van der Waals surface area contributed by atoms with Gasteiger partial charge in [0.2, 0.25) is 0 Å². The molecule has 1 unspecified atom stereocenters. The number of H-pyrrole nitrogens is 1. The first-order chi connectivity index (χ1) is 9.10. The van der Waals surface area contributed by atoms with Gasteiger partial charge >= 0.3 is 5.97 Å². The quantitative estimate of drug-likeness (QED) is 0.866. The van der Waals surface area contributed by atoms with E-state index in [1.54, 1.807) is 7.11 Å². The molecule has 0 radical (unpaired) electrons. The summed E-state index contributed by atoms with van der Waals surface area (Å²) in [7, 11) is 1.58. The summed E-state index contributed by atoms with van der Waals surface area (Å²) >= 11 is 0. The van der Waals surface area contributed by atoms with Crippen molar-refractivity contribution in [3.05, 3.63) is 29.5 Å². The maximum atomic E-state index is 11.5. The summed E-state index contributed by atoms with van der Waals surface area (Å²) in [5.41, 5.74) is 2.82. The third kappa shape index (κ3) is 2.30. The molecule has 4 heteroatoms. The van der Waals surface area contributed by atoms with Crippen molar-refractivity contribution in [1.29, 1.82) is 0 Å². The average Bonchev–Trinajstić information content (AvgIpc) is 2.86. The molecule has 102 valence electrons. The van der Waals surface area contributed by atoms with Crippen molar-refractivity contribution in [2.45, 2.75) is 32.6 Å². The number of benzene rings is 1. The zero-order valence-corrected chi connectivity index (χ0v) is 11.5. The van der Waals surface area contributed by atoms with Gasteiger partial charge in [-0.1, -0.05) is 13.3 Å². The molecule has 0 aliphatic rings. The summed E-state index contributed by atoms with van der Waals surface area (Å²) in [5, 5.41) is 10.4. The third-order valence-electron chi connectivity index (χ3n) is 3.49. The Kier molecular flexibility index (Phi) is 3.79. The van der Waals surface area contributed by atoms with E-state index >= 15 is 0 Å². The predicted octanol–water partition coefficient (Wildman–Crippen LogP) is 3.45. The Labute approximate surface area is 112 Å². The second kappa shape index (κ2) is 5.34. The number of hydrogen-bond acceptors (Lipinski definition) is 2. The molecule has 2 aromatic rings. The summed E-state index contributed by atoms with van der Waals surface area (Å²) in [6.07, 6.45) is 3.26. The van der Waals surface area contributed by atoms with Crippen LogP contribution in [-0.2, 0) is 4.79 Å². The molecular weight excluding hydrogens is 242 g/mol. The van der Waals surface area contributed by atoms with E-state index in [0.29, 0.717) is 12.2 Å². The topological polar surface area (TPSA) is 62.3 Å². The first kappa shape index (κ1) is 13.5. The van der Waals surface area contributed by atoms with E-state index in [1.165, 1.54) is 0 Å². The van der Waals surface area contributed by atoms with Crippen molar-refractivity contribution in [2.75, 3.05) is 7.11 Å². The molecule has 4 nitrogen and oxygen atoms in total. The number of rotatable bonds is 5. The Morgan fingerprint density at radius 1 is 1.53 bits per heavy atom. The Bertz CT molecular complexity index is 601. The molecule has 0 saturated carbocycles. The summed E-state index contributed by atoms with van der Waals surface area (Å²) in [6.45, 7) is 3.98. The van der Waals surface area contributed by atoms with Gasteiger partial charge in [0.1, 0.15) is 5.75 Å². The van der Waals surface area contributed by atoms with E-state index in [4.69, 9.17) is 4.74 Å². The molecule has 0 fully saturated rings. The lowest BCUT2D eigenvalue weighted by atomic mass is 9.90. The highest BCUT2D eigenvalue weighted by Crippen LogP contribution is 2.38. The monoisotopic (exact) mass is 261 g/mol. The molecule has 0 aliphatic carbocycles. The van der Waals surface area contributed by atoms with Crippen molar-refractivity contribution in [1.82, 2.24) is 4.98 Å². The molecule has 0 aliphatic heterocycles. The van der Waals surface area contributed by atoms with Crippen LogP contribution >= 0.6 is 0 Å². The number of ether oxygens (including phenoxy) is 1. The van der Waals surface area contributed by atoms with E-state index in [0.717, 1.165) is 28.5 Å². The Hall–Kier alpha value is -1.97. The van der Waals surface area contributed by atoms with Gasteiger partial charge in [0.25, 0.3) is 0 Å². The van der Waals surface area contributed by atoms with E-state index in [9.17, 15) is 9.90 Å². The lowest BCUT2D eigenvalue weighted by molar-refractivity contribution is -0.139. The van der Waals surface area contributed by atoms with Crippen LogP contribution in [0.15, 0.2) is 18.3 Å². The van der Waals surface area contributed by atoms with Gasteiger partial charge in [-0.25, -0.2) is 0 Å². The molecule has 0 amide bonds. The number of fused-ring (bicyclic) bond motifs is 1. The first-order valence-corrected chi connectivity index (χ1v) is 6.47. The maximum absolute atomic E-state index is 11.5. The van der Waals surface area contributed by atoms with Crippen LogP contribution in [-0.4, -0.2) is 23.2 Å². The minimum absolute atomic E-state index is 0.529. The van der Waals surface area contributed by atoms with Crippen LogP contribution in [0.1, 0.15) is 36.8 Å². The van der Waals surface area contributed by atoms with Crippen LogP contribution in [0.4, 0.5) is 0 Å². The number of nitrogens with one attached hydrogen (secondary N) is 1. The van der Waals surface area contributed by atoms with Crippen molar-refractivity contribution >= 4 is 16.9 Å². The number of aliphatic carboxylic acids is 1. The fourth-order valence-corrected chi connectivity index (χ4v) is 2.61. The van der Waals surface area contributed by atoms with Crippen molar-refractivity contribution in [2.24, 2.45) is 0 Å². The largest absolute Gasteiger partial charge is 0.496 e. The molecule has 1 atom stereocenters. The normalized spacial score (nSPS) is 12.6. The summed E-state index contributed by atoms with van der Waals surface area (Å²) in [4.78, 5) is 14.7. The zero-order chi connectivity index (χ0) is 14.0. The zero-order valence-electron chi connectivity index (χ0n) is 11.5. The standard InChI is InChI=1S/C15H19NO3/c1-4-5-11(15(17)18)13-10-6-7-16-14(10)9(2)8-12(13)19-3/h6-8,11,16H,4-5H2,1-3H3,(H,17,18). The molecule has 1 heterocycles. The van der Waals surface area contributed by atoms with Crippen LogP contribution in [0.2, 0.25) is 0 Å². The number of aryl methyl sites for hydroxylation is 1. The maximum Gasteiger partial charge on any atom is 0.311 e. The molecule has 2 rings (SSSR count). The van der Waals surface area contributed by atoms with Crippen LogP contribution in [0.5, 0.6) is 5.75 Å². The van der Waals surface area contributed by atoms with Crippen molar-refractivity contribution < 1.29 is 14.6 Å². The first-order valence-electron chi connectivity index (χ1n) is 6.47. The molecule has 19 heavy (non-hydrogen) atoms. The Morgan fingerprint density at radius 2 is 2.26 bits per heavy atom. The van der Waals surface area contributed by atoms with Gasteiger partial charge in [-0.15, -0.1) is 0 Å². The van der Waals surface area contributed by atoms with Gasteiger partial charge in [-0.05, 0) is 31.0 Å². The highest BCUT2D eigenvalue weighted by molar-refractivity contribution is 5.93. The number of aromatic amines is 1. The Balaban J connectivity index is 2.71. The second-order valence-electron chi connectivity index (χ2n) is 4.76. The van der Waals surface area contributed by atoms with Crippen LogP contribution in [0.25, 0.3) is 10.9 Å². The highest BCUT2D eigenvalue weighted by Gasteiger charge is 2.26. The van der Waals surface area contributed by atoms with Gasteiger partial charge in [0.05, 0.1) is 13.0 Å². The number of carbonyl (C=O) groups is 1. The fraction of sp³-hybridized carbons (Fsp3) is 0.400. The van der Waals surface area contributed by atoms with Gasteiger partial charge in [-0.2, -0.15) is 0 Å². The van der Waals surface area contributed by atoms with Gasteiger partial charge in [0, 0.05) is 22.7 Å². The average molecular weight is 261 g/mol.